The van der Waals surface area contributed by atoms with Crippen LogP contribution in [-0.4, -0.2) is 70.6 Å². The summed E-state index contributed by atoms with van der Waals surface area (Å²) in [5.74, 6) is -4.39. The maximum Gasteiger partial charge on any atom is 0.326 e. The summed E-state index contributed by atoms with van der Waals surface area (Å²) in [6.07, 6.45) is 0.856. The Labute approximate surface area is 169 Å². The molecular formula is C18H30N4O7. The number of amides is 3. The highest BCUT2D eigenvalue weighted by molar-refractivity contribution is 5.94. The van der Waals surface area contributed by atoms with Gasteiger partial charge in [0.15, 0.2) is 0 Å². The highest BCUT2D eigenvalue weighted by Gasteiger charge is 2.31. The first-order valence-corrected chi connectivity index (χ1v) is 9.62. The zero-order valence-corrected chi connectivity index (χ0v) is 16.9. The molecule has 1 saturated heterocycles. The molecular weight excluding hydrogens is 384 g/mol. The van der Waals surface area contributed by atoms with Crippen LogP contribution in [0.2, 0.25) is 0 Å². The summed E-state index contributed by atoms with van der Waals surface area (Å²) in [6.45, 7) is 5.62. The predicted octanol–water partition coefficient (Wildman–Crippen LogP) is -1.18. The van der Waals surface area contributed by atoms with E-state index in [1.807, 2.05) is 0 Å². The van der Waals surface area contributed by atoms with Crippen molar-refractivity contribution in [1.82, 2.24) is 21.3 Å². The van der Waals surface area contributed by atoms with Crippen molar-refractivity contribution in [2.75, 3.05) is 6.54 Å². The summed E-state index contributed by atoms with van der Waals surface area (Å²) in [6, 6.07) is -3.67. The number of nitrogens with one attached hydrogen (secondary N) is 4. The second kappa shape index (κ2) is 11.3. The zero-order valence-electron chi connectivity index (χ0n) is 16.9. The molecule has 1 aliphatic heterocycles. The molecule has 4 atom stereocenters. The average Bonchev–Trinajstić information content (AvgIpc) is 3.16. The van der Waals surface area contributed by atoms with Gasteiger partial charge in [0, 0.05) is 6.42 Å². The van der Waals surface area contributed by atoms with Crippen LogP contribution in [0.1, 0.15) is 46.5 Å². The fraction of sp³-hybridized carbons (Fsp3) is 0.722. The Morgan fingerprint density at radius 2 is 1.66 bits per heavy atom. The molecule has 0 aromatic carbocycles. The van der Waals surface area contributed by atoms with Crippen LogP contribution in [-0.2, 0) is 24.0 Å². The number of hydrogen-bond donors (Lipinski definition) is 6. The Kier molecular flexibility index (Phi) is 9.53. The fourth-order valence-electron chi connectivity index (χ4n) is 2.89. The molecule has 0 bridgehead atoms. The number of carbonyl (C=O) groups excluding carboxylic acids is 3. The second-order valence-corrected chi connectivity index (χ2v) is 7.44. The van der Waals surface area contributed by atoms with E-state index in [2.05, 4.69) is 21.3 Å². The van der Waals surface area contributed by atoms with Crippen molar-refractivity contribution >= 4 is 29.7 Å². The van der Waals surface area contributed by atoms with Crippen LogP contribution in [0.15, 0.2) is 0 Å². The van der Waals surface area contributed by atoms with Gasteiger partial charge in [-0.25, -0.2) is 4.79 Å². The summed E-state index contributed by atoms with van der Waals surface area (Å²) in [4.78, 5) is 58.9. The Morgan fingerprint density at radius 1 is 1.00 bits per heavy atom. The highest BCUT2D eigenvalue weighted by atomic mass is 16.4. The van der Waals surface area contributed by atoms with Gasteiger partial charge < -0.3 is 31.5 Å². The molecule has 0 aromatic rings. The second-order valence-electron chi connectivity index (χ2n) is 7.44. The minimum absolute atomic E-state index is 0.238. The summed E-state index contributed by atoms with van der Waals surface area (Å²) >= 11 is 0. The molecule has 29 heavy (non-hydrogen) atoms. The van der Waals surface area contributed by atoms with Crippen LogP contribution < -0.4 is 21.3 Å². The van der Waals surface area contributed by atoms with Crippen molar-refractivity contribution < 1.29 is 34.2 Å². The van der Waals surface area contributed by atoms with Crippen LogP contribution in [0, 0.1) is 5.92 Å². The molecule has 4 unspecified atom stereocenters. The molecule has 0 radical (unpaired) electrons. The quantitative estimate of drug-likeness (QED) is 0.245. The van der Waals surface area contributed by atoms with E-state index in [0.29, 0.717) is 6.42 Å². The van der Waals surface area contributed by atoms with Crippen LogP contribution in [0.25, 0.3) is 0 Å². The van der Waals surface area contributed by atoms with Gasteiger partial charge in [-0.15, -0.1) is 0 Å². The van der Waals surface area contributed by atoms with Gasteiger partial charge in [-0.05, 0) is 38.6 Å². The van der Waals surface area contributed by atoms with E-state index in [1.165, 1.54) is 6.92 Å². The van der Waals surface area contributed by atoms with Crippen LogP contribution in [0.5, 0.6) is 0 Å². The van der Waals surface area contributed by atoms with Crippen LogP contribution in [0.3, 0.4) is 0 Å². The van der Waals surface area contributed by atoms with Gasteiger partial charge >= 0.3 is 11.9 Å². The number of carboxylic acid groups (broad SMARTS) is 2. The third-order valence-electron chi connectivity index (χ3n) is 4.64. The lowest BCUT2D eigenvalue weighted by Crippen LogP contribution is -2.57. The van der Waals surface area contributed by atoms with E-state index < -0.39 is 48.3 Å². The number of rotatable bonds is 11. The SMILES string of the molecule is CC(NC(=O)C(NC(=O)C1CCCN1)C(C)C)C(=O)NC(CCC(=O)O)C(=O)O. The molecule has 1 heterocycles. The topological polar surface area (TPSA) is 174 Å². The number of hydrogen-bond acceptors (Lipinski definition) is 6. The number of carbonyl (C=O) groups is 5. The van der Waals surface area contributed by atoms with Crippen molar-refractivity contribution in [1.29, 1.82) is 0 Å². The van der Waals surface area contributed by atoms with Gasteiger partial charge in [0.05, 0.1) is 6.04 Å². The van der Waals surface area contributed by atoms with Crippen molar-refractivity contribution in [2.24, 2.45) is 5.92 Å². The maximum absolute atomic E-state index is 12.6. The Bertz CT molecular complexity index is 632. The van der Waals surface area contributed by atoms with Gasteiger partial charge in [0.25, 0.3) is 0 Å². The van der Waals surface area contributed by atoms with Gasteiger partial charge in [0.2, 0.25) is 17.7 Å². The summed E-state index contributed by atoms with van der Waals surface area (Å²) in [5.41, 5.74) is 0. The minimum atomic E-state index is -1.38. The summed E-state index contributed by atoms with van der Waals surface area (Å²) < 4.78 is 0. The molecule has 1 rings (SSSR count). The zero-order chi connectivity index (χ0) is 22.1. The normalized spacial score (nSPS) is 19.1. The smallest absolute Gasteiger partial charge is 0.326 e. The third kappa shape index (κ3) is 8.06. The average molecular weight is 414 g/mol. The first kappa shape index (κ1) is 24.3. The fourth-order valence-corrected chi connectivity index (χ4v) is 2.89. The first-order valence-electron chi connectivity index (χ1n) is 9.62. The number of carboxylic acids is 2. The van der Waals surface area contributed by atoms with Crippen molar-refractivity contribution in [2.45, 2.75) is 70.6 Å². The highest BCUT2D eigenvalue weighted by Crippen LogP contribution is 2.08. The summed E-state index contributed by atoms with van der Waals surface area (Å²) in [7, 11) is 0. The standard InChI is InChI=1S/C18H30N4O7/c1-9(2)14(22-16(26)11-5-4-8-19-11)17(27)20-10(3)15(25)21-12(18(28)29)6-7-13(23)24/h9-12,14,19H,4-8H2,1-3H3,(H,20,27)(H,21,25)(H,22,26)(H,23,24)(H,28,29). The molecule has 11 nitrogen and oxygen atoms in total. The van der Waals surface area contributed by atoms with E-state index in [-0.39, 0.29) is 24.3 Å². The van der Waals surface area contributed by atoms with E-state index >= 15 is 0 Å². The lowest BCUT2D eigenvalue weighted by atomic mass is 10.0. The molecule has 1 aliphatic rings. The lowest BCUT2D eigenvalue weighted by Gasteiger charge is -2.25. The van der Waals surface area contributed by atoms with E-state index in [9.17, 15) is 24.0 Å². The Hall–Kier alpha value is -2.69. The largest absolute Gasteiger partial charge is 0.481 e. The Morgan fingerprint density at radius 3 is 2.14 bits per heavy atom. The van der Waals surface area contributed by atoms with E-state index in [1.54, 1.807) is 13.8 Å². The molecule has 6 N–H and O–H groups in total. The van der Waals surface area contributed by atoms with Gasteiger partial charge in [-0.3, -0.25) is 19.2 Å². The lowest BCUT2D eigenvalue weighted by molar-refractivity contribution is -0.143. The monoisotopic (exact) mass is 414 g/mol. The van der Waals surface area contributed by atoms with Gasteiger partial charge in [-0.1, -0.05) is 13.8 Å². The molecule has 0 aliphatic carbocycles. The van der Waals surface area contributed by atoms with Crippen LogP contribution >= 0.6 is 0 Å². The van der Waals surface area contributed by atoms with Gasteiger partial charge in [-0.2, -0.15) is 0 Å². The molecule has 0 aromatic heterocycles. The molecule has 0 spiro atoms. The molecule has 11 heteroatoms. The Balaban J connectivity index is 2.65. The van der Waals surface area contributed by atoms with Gasteiger partial charge in [0.1, 0.15) is 18.1 Å². The molecule has 3 amide bonds. The minimum Gasteiger partial charge on any atom is -0.481 e. The summed E-state index contributed by atoms with van der Waals surface area (Å²) in [5, 5.41) is 28.2. The van der Waals surface area contributed by atoms with E-state index in [0.717, 1.165) is 13.0 Å². The first-order chi connectivity index (χ1) is 13.5. The predicted molar refractivity (Wildman–Crippen MR) is 102 cm³/mol. The van der Waals surface area contributed by atoms with E-state index in [4.69, 9.17) is 10.2 Å². The van der Waals surface area contributed by atoms with Crippen molar-refractivity contribution in [3.05, 3.63) is 0 Å². The van der Waals surface area contributed by atoms with Crippen molar-refractivity contribution in [3.8, 4) is 0 Å². The maximum atomic E-state index is 12.6. The third-order valence-corrected chi connectivity index (χ3v) is 4.64. The van der Waals surface area contributed by atoms with Crippen LogP contribution in [0.4, 0.5) is 0 Å². The molecule has 0 saturated carbocycles. The number of aliphatic carboxylic acids is 2. The van der Waals surface area contributed by atoms with Crippen molar-refractivity contribution in [3.63, 3.8) is 0 Å². The molecule has 164 valence electrons. The molecule has 1 fully saturated rings.